The van der Waals surface area contributed by atoms with E-state index in [0.717, 1.165) is 11.6 Å². The molecule has 1 atom stereocenters. The van der Waals surface area contributed by atoms with Crippen LogP contribution < -0.4 is 5.32 Å². The Balaban J connectivity index is 1.80. The maximum Gasteiger partial charge on any atom is 0.203 e. The first-order valence-corrected chi connectivity index (χ1v) is 6.46. The van der Waals surface area contributed by atoms with Gasteiger partial charge in [0.05, 0.1) is 11.7 Å². The van der Waals surface area contributed by atoms with Gasteiger partial charge in [0.2, 0.25) is 5.95 Å². The third-order valence-corrected chi connectivity index (χ3v) is 3.32. The SMILES string of the molecule is Cc1cn(C2CC2)c(NC(C)c2cccnc2)n1. The van der Waals surface area contributed by atoms with Crippen molar-refractivity contribution in [3.63, 3.8) is 0 Å². The number of aromatic nitrogens is 3. The van der Waals surface area contributed by atoms with Gasteiger partial charge in [0.1, 0.15) is 0 Å². The zero-order valence-electron chi connectivity index (χ0n) is 10.8. The maximum absolute atomic E-state index is 4.57. The number of nitrogens with zero attached hydrogens (tertiary/aromatic N) is 3. The Morgan fingerprint density at radius 3 is 2.94 bits per heavy atom. The van der Waals surface area contributed by atoms with Gasteiger partial charge >= 0.3 is 0 Å². The Labute approximate surface area is 107 Å². The minimum absolute atomic E-state index is 0.220. The number of nitrogens with one attached hydrogen (secondary N) is 1. The molecule has 2 aromatic heterocycles. The molecule has 4 nitrogen and oxygen atoms in total. The topological polar surface area (TPSA) is 42.7 Å². The van der Waals surface area contributed by atoms with Crippen molar-refractivity contribution < 1.29 is 0 Å². The van der Waals surface area contributed by atoms with Crippen molar-refractivity contribution in [3.05, 3.63) is 42.0 Å². The van der Waals surface area contributed by atoms with Crippen molar-refractivity contribution in [3.8, 4) is 0 Å². The van der Waals surface area contributed by atoms with Gasteiger partial charge in [0.25, 0.3) is 0 Å². The van der Waals surface area contributed by atoms with Gasteiger partial charge in [-0.3, -0.25) is 4.98 Å². The van der Waals surface area contributed by atoms with Crippen LogP contribution >= 0.6 is 0 Å². The lowest BCUT2D eigenvalue weighted by Crippen LogP contribution is -2.11. The van der Waals surface area contributed by atoms with Crippen LogP contribution in [0.5, 0.6) is 0 Å². The summed E-state index contributed by atoms with van der Waals surface area (Å²) in [5.41, 5.74) is 2.25. The van der Waals surface area contributed by atoms with Crippen molar-refractivity contribution in [2.75, 3.05) is 5.32 Å². The molecule has 0 spiro atoms. The summed E-state index contributed by atoms with van der Waals surface area (Å²) in [6, 6.07) is 4.92. The molecular formula is C14H18N4. The summed E-state index contributed by atoms with van der Waals surface area (Å²) in [5, 5.41) is 3.48. The van der Waals surface area contributed by atoms with E-state index in [4.69, 9.17) is 0 Å². The summed E-state index contributed by atoms with van der Waals surface area (Å²) in [6.45, 7) is 4.18. The van der Waals surface area contributed by atoms with E-state index in [0.29, 0.717) is 6.04 Å². The number of hydrogen-bond donors (Lipinski definition) is 1. The molecule has 94 valence electrons. The zero-order chi connectivity index (χ0) is 12.5. The molecular weight excluding hydrogens is 224 g/mol. The van der Waals surface area contributed by atoms with Crippen molar-refractivity contribution in [1.29, 1.82) is 0 Å². The van der Waals surface area contributed by atoms with E-state index in [1.807, 2.05) is 19.2 Å². The van der Waals surface area contributed by atoms with Crippen LogP contribution in [0.15, 0.2) is 30.7 Å². The molecule has 18 heavy (non-hydrogen) atoms. The van der Waals surface area contributed by atoms with Gasteiger partial charge in [0.15, 0.2) is 0 Å². The van der Waals surface area contributed by atoms with Crippen LogP contribution in [0.2, 0.25) is 0 Å². The summed E-state index contributed by atoms with van der Waals surface area (Å²) >= 11 is 0. The first-order chi connectivity index (χ1) is 8.74. The number of hydrogen-bond acceptors (Lipinski definition) is 3. The molecule has 4 heteroatoms. The number of pyridine rings is 1. The summed E-state index contributed by atoms with van der Waals surface area (Å²) in [6.07, 6.45) is 8.37. The highest BCUT2D eigenvalue weighted by Gasteiger charge is 2.26. The van der Waals surface area contributed by atoms with Gasteiger partial charge in [-0.2, -0.15) is 0 Å². The quantitative estimate of drug-likeness (QED) is 0.895. The lowest BCUT2D eigenvalue weighted by molar-refractivity contribution is 0.726. The van der Waals surface area contributed by atoms with Gasteiger partial charge in [-0.25, -0.2) is 4.98 Å². The molecule has 3 rings (SSSR count). The van der Waals surface area contributed by atoms with E-state index in [1.165, 1.54) is 18.4 Å². The first kappa shape index (κ1) is 11.3. The molecule has 0 saturated heterocycles. The van der Waals surface area contributed by atoms with Crippen molar-refractivity contribution in [2.45, 2.75) is 38.8 Å². The average molecular weight is 242 g/mol. The van der Waals surface area contributed by atoms with Crippen LogP contribution in [0, 0.1) is 6.92 Å². The molecule has 0 aromatic carbocycles. The van der Waals surface area contributed by atoms with Crippen LogP contribution in [0.3, 0.4) is 0 Å². The second-order valence-corrected chi connectivity index (χ2v) is 5.00. The van der Waals surface area contributed by atoms with Crippen molar-refractivity contribution >= 4 is 5.95 Å². The van der Waals surface area contributed by atoms with Crippen LogP contribution in [0.1, 0.15) is 43.1 Å². The van der Waals surface area contributed by atoms with Crippen molar-refractivity contribution in [1.82, 2.24) is 14.5 Å². The van der Waals surface area contributed by atoms with E-state index >= 15 is 0 Å². The van der Waals surface area contributed by atoms with E-state index in [2.05, 4.69) is 39.0 Å². The summed E-state index contributed by atoms with van der Waals surface area (Å²) < 4.78 is 2.27. The minimum atomic E-state index is 0.220. The largest absolute Gasteiger partial charge is 0.349 e. The Hall–Kier alpha value is -1.84. The normalized spacial score (nSPS) is 16.6. The molecule has 1 unspecified atom stereocenters. The van der Waals surface area contributed by atoms with Crippen LogP contribution in [-0.4, -0.2) is 14.5 Å². The van der Waals surface area contributed by atoms with Gasteiger partial charge in [-0.15, -0.1) is 0 Å². The summed E-state index contributed by atoms with van der Waals surface area (Å²) in [7, 11) is 0. The van der Waals surface area contributed by atoms with Crippen LogP contribution in [0.4, 0.5) is 5.95 Å². The monoisotopic (exact) mass is 242 g/mol. The third kappa shape index (κ3) is 2.23. The molecule has 0 bridgehead atoms. The fourth-order valence-electron chi connectivity index (χ4n) is 2.16. The highest BCUT2D eigenvalue weighted by Crippen LogP contribution is 2.37. The maximum atomic E-state index is 4.57. The Bertz CT molecular complexity index is 528. The second-order valence-electron chi connectivity index (χ2n) is 5.00. The molecule has 1 aliphatic carbocycles. The molecule has 1 N–H and O–H groups in total. The third-order valence-electron chi connectivity index (χ3n) is 3.32. The van der Waals surface area contributed by atoms with Crippen LogP contribution in [-0.2, 0) is 0 Å². The van der Waals surface area contributed by atoms with Gasteiger partial charge in [0, 0.05) is 24.6 Å². The van der Waals surface area contributed by atoms with Gasteiger partial charge in [-0.05, 0) is 38.3 Å². The molecule has 1 aliphatic rings. The highest BCUT2D eigenvalue weighted by atomic mass is 15.2. The molecule has 1 fully saturated rings. The van der Waals surface area contributed by atoms with E-state index in [9.17, 15) is 0 Å². The first-order valence-electron chi connectivity index (χ1n) is 6.46. The predicted octanol–water partition coefficient (Wildman–Crippen LogP) is 3.09. The average Bonchev–Trinajstić information content (AvgIpc) is 3.15. The minimum Gasteiger partial charge on any atom is -0.349 e. The molecule has 1 saturated carbocycles. The van der Waals surface area contributed by atoms with Crippen LogP contribution in [0.25, 0.3) is 0 Å². The van der Waals surface area contributed by atoms with Gasteiger partial charge < -0.3 is 9.88 Å². The Kier molecular flexibility index (Phi) is 2.78. The Morgan fingerprint density at radius 1 is 1.44 bits per heavy atom. The lowest BCUT2D eigenvalue weighted by Gasteiger charge is -2.15. The number of rotatable bonds is 4. The second kappa shape index (κ2) is 4.44. The van der Waals surface area contributed by atoms with E-state index in [1.54, 1.807) is 6.20 Å². The zero-order valence-corrected chi connectivity index (χ0v) is 10.8. The molecule has 2 aromatic rings. The molecule has 2 heterocycles. The molecule has 0 aliphatic heterocycles. The Morgan fingerprint density at radius 2 is 2.28 bits per heavy atom. The summed E-state index contributed by atoms with van der Waals surface area (Å²) in [4.78, 5) is 8.72. The fraction of sp³-hybridized carbons (Fsp3) is 0.429. The van der Waals surface area contributed by atoms with E-state index < -0.39 is 0 Å². The van der Waals surface area contributed by atoms with Crippen molar-refractivity contribution in [2.24, 2.45) is 0 Å². The highest BCUT2D eigenvalue weighted by molar-refractivity contribution is 5.34. The number of imidazole rings is 1. The molecule has 0 amide bonds. The molecule has 0 radical (unpaired) electrons. The number of aryl methyl sites for hydroxylation is 1. The van der Waals surface area contributed by atoms with E-state index in [-0.39, 0.29) is 6.04 Å². The lowest BCUT2D eigenvalue weighted by atomic mass is 10.1. The van der Waals surface area contributed by atoms with Gasteiger partial charge in [-0.1, -0.05) is 6.07 Å². The smallest absolute Gasteiger partial charge is 0.203 e. The number of anilines is 1. The fourth-order valence-corrected chi connectivity index (χ4v) is 2.16. The standard InChI is InChI=1S/C14H18N4/c1-10-9-18(13-5-6-13)14(16-10)17-11(2)12-4-3-7-15-8-12/h3-4,7-9,11,13H,5-6H2,1-2H3,(H,16,17). The summed E-state index contributed by atoms with van der Waals surface area (Å²) in [5.74, 6) is 0.978. The predicted molar refractivity (Wildman–Crippen MR) is 71.5 cm³/mol.